The molecule has 3 fully saturated rings. The van der Waals surface area contributed by atoms with Crippen LogP contribution < -0.4 is 22.5 Å². The summed E-state index contributed by atoms with van der Waals surface area (Å²) in [4.78, 5) is 47.4. The minimum Gasteiger partial charge on any atom is -0.338 e. The van der Waals surface area contributed by atoms with E-state index in [0.29, 0.717) is 43.3 Å². The van der Waals surface area contributed by atoms with E-state index in [-0.39, 0.29) is 17.8 Å². The van der Waals surface area contributed by atoms with E-state index in [0.717, 1.165) is 32.5 Å². The molecule has 3 amide bonds. The Balaban J connectivity index is 1.13. The Morgan fingerprint density at radius 3 is 2.24 bits per heavy atom. The van der Waals surface area contributed by atoms with Crippen molar-refractivity contribution in [2.75, 3.05) is 44.6 Å². The van der Waals surface area contributed by atoms with Crippen molar-refractivity contribution in [2.45, 2.75) is 44.8 Å². The standard InChI is InChI=1S/C26H36N8O3/c1-25(2,28)22(35)32-9-11-33(12-10-32)23(36)29-21-7-8-34(24(37)30-21)20-5-3-18(4-6-20)15-31-16-26(17-31)13-19(27)14-26/h3-8,19H,9-17,27-28H2,1-2H3,(H,29,30,36,37). The molecule has 0 atom stereocenters. The summed E-state index contributed by atoms with van der Waals surface area (Å²) in [6, 6.07) is 9.52. The second-order valence-corrected chi connectivity index (χ2v) is 11.4. The molecule has 1 aromatic carbocycles. The molecule has 1 aromatic heterocycles. The van der Waals surface area contributed by atoms with Crippen molar-refractivity contribution in [1.82, 2.24) is 24.3 Å². The summed E-state index contributed by atoms with van der Waals surface area (Å²) in [6.07, 6.45) is 3.89. The van der Waals surface area contributed by atoms with Crippen molar-refractivity contribution >= 4 is 17.8 Å². The number of carbonyl (C=O) groups excluding carboxylic acids is 2. The van der Waals surface area contributed by atoms with Gasteiger partial charge in [0.15, 0.2) is 0 Å². The molecule has 2 aromatic rings. The summed E-state index contributed by atoms with van der Waals surface area (Å²) in [5.74, 6) is 0.0468. The van der Waals surface area contributed by atoms with E-state index in [1.165, 1.54) is 10.1 Å². The number of anilines is 1. The third-order valence-electron chi connectivity index (χ3n) is 7.57. The van der Waals surface area contributed by atoms with E-state index in [2.05, 4.69) is 15.2 Å². The molecular formula is C26H36N8O3. The lowest BCUT2D eigenvalue weighted by Crippen LogP contribution is -2.64. The fraction of sp³-hybridized carbons (Fsp3) is 0.538. The van der Waals surface area contributed by atoms with Gasteiger partial charge in [-0.05, 0) is 55.9 Å². The summed E-state index contributed by atoms with van der Waals surface area (Å²) >= 11 is 0. The number of likely N-dealkylation sites (tertiary alicyclic amines) is 1. The van der Waals surface area contributed by atoms with Crippen LogP contribution in [-0.4, -0.2) is 87.0 Å². The molecule has 37 heavy (non-hydrogen) atoms. The second kappa shape index (κ2) is 9.55. The summed E-state index contributed by atoms with van der Waals surface area (Å²) < 4.78 is 1.45. The van der Waals surface area contributed by atoms with E-state index < -0.39 is 11.2 Å². The first kappa shape index (κ1) is 25.4. The highest BCUT2D eigenvalue weighted by Crippen LogP contribution is 2.47. The predicted molar refractivity (Wildman–Crippen MR) is 140 cm³/mol. The van der Waals surface area contributed by atoms with Gasteiger partial charge < -0.3 is 21.3 Å². The van der Waals surface area contributed by atoms with Gasteiger partial charge in [-0.25, -0.2) is 9.59 Å². The van der Waals surface area contributed by atoms with Crippen LogP contribution in [-0.2, 0) is 11.3 Å². The Morgan fingerprint density at radius 2 is 1.68 bits per heavy atom. The Hall–Kier alpha value is -3.28. The first-order chi connectivity index (χ1) is 17.5. The number of carbonyl (C=O) groups is 2. The highest BCUT2D eigenvalue weighted by atomic mass is 16.2. The van der Waals surface area contributed by atoms with Crippen molar-refractivity contribution in [2.24, 2.45) is 16.9 Å². The van der Waals surface area contributed by atoms with E-state index in [1.54, 1.807) is 35.9 Å². The van der Waals surface area contributed by atoms with E-state index in [4.69, 9.17) is 11.5 Å². The first-order valence-electron chi connectivity index (χ1n) is 12.8. The molecule has 5 N–H and O–H groups in total. The molecule has 0 bridgehead atoms. The normalized spacial score (nSPS) is 19.9. The zero-order valence-electron chi connectivity index (χ0n) is 21.5. The van der Waals surface area contributed by atoms with Crippen LogP contribution in [0.5, 0.6) is 0 Å². The summed E-state index contributed by atoms with van der Waals surface area (Å²) in [7, 11) is 0. The van der Waals surface area contributed by atoms with Gasteiger partial charge in [-0.3, -0.25) is 19.6 Å². The van der Waals surface area contributed by atoms with Gasteiger partial charge in [0, 0.05) is 58.1 Å². The lowest BCUT2D eigenvalue weighted by molar-refractivity contribution is -0.137. The Morgan fingerprint density at radius 1 is 1.05 bits per heavy atom. The fourth-order valence-electron chi connectivity index (χ4n) is 5.72. The maximum atomic E-state index is 12.7. The number of aromatic nitrogens is 2. The molecule has 0 radical (unpaired) electrons. The van der Waals surface area contributed by atoms with Gasteiger partial charge >= 0.3 is 11.7 Å². The third-order valence-corrected chi connectivity index (χ3v) is 7.57. The molecule has 0 unspecified atom stereocenters. The zero-order valence-corrected chi connectivity index (χ0v) is 21.5. The Labute approximate surface area is 216 Å². The highest BCUT2D eigenvalue weighted by Gasteiger charge is 2.50. The lowest BCUT2D eigenvalue weighted by Gasteiger charge is -2.58. The molecular weight excluding hydrogens is 472 g/mol. The zero-order chi connectivity index (χ0) is 26.4. The monoisotopic (exact) mass is 508 g/mol. The number of nitrogens with one attached hydrogen (secondary N) is 1. The Kier molecular flexibility index (Phi) is 6.55. The van der Waals surface area contributed by atoms with Gasteiger partial charge in [0.1, 0.15) is 5.82 Å². The molecule has 198 valence electrons. The molecule has 5 rings (SSSR count). The van der Waals surface area contributed by atoms with Gasteiger partial charge in [0.2, 0.25) is 5.91 Å². The summed E-state index contributed by atoms with van der Waals surface area (Å²) in [6.45, 7) is 8.02. The number of nitrogens with two attached hydrogens (primary N) is 2. The average Bonchev–Trinajstić information content (AvgIpc) is 2.81. The molecule has 11 nitrogen and oxygen atoms in total. The number of urea groups is 1. The fourth-order valence-corrected chi connectivity index (χ4v) is 5.72. The van der Waals surface area contributed by atoms with Gasteiger partial charge in [-0.2, -0.15) is 4.98 Å². The van der Waals surface area contributed by atoms with Gasteiger partial charge in [0.25, 0.3) is 0 Å². The highest BCUT2D eigenvalue weighted by molar-refractivity contribution is 5.89. The van der Waals surface area contributed by atoms with Crippen LogP contribution in [0.3, 0.4) is 0 Å². The van der Waals surface area contributed by atoms with E-state index in [9.17, 15) is 14.4 Å². The number of nitrogens with zero attached hydrogens (tertiary/aromatic N) is 5. The number of hydrogen-bond donors (Lipinski definition) is 3. The maximum absolute atomic E-state index is 12.7. The van der Waals surface area contributed by atoms with Crippen LogP contribution in [0.1, 0.15) is 32.3 Å². The van der Waals surface area contributed by atoms with Crippen LogP contribution >= 0.6 is 0 Å². The number of rotatable bonds is 5. The number of amides is 3. The van der Waals surface area contributed by atoms with Crippen LogP contribution in [0.4, 0.5) is 10.6 Å². The van der Waals surface area contributed by atoms with Crippen molar-refractivity contribution < 1.29 is 9.59 Å². The van der Waals surface area contributed by atoms with Crippen molar-refractivity contribution in [1.29, 1.82) is 0 Å². The molecule has 11 heteroatoms. The summed E-state index contributed by atoms with van der Waals surface area (Å²) in [5.41, 5.74) is 12.8. The minimum atomic E-state index is -0.943. The molecule has 3 heterocycles. The van der Waals surface area contributed by atoms with Crippen LogP contribution in [0.25, 0.3) is 5.69 Å². The quantitative estimate of drug-likeness (QED) is 0.536. The second-order valence-electron chi connectivity index (χ2n) is 11.4. The molecule has 2 aliphatic heterocycles. The van der Waals surface area contributed by atoms with Gasteiger partial charge in [-0.1, -0.05) is 12.1 Å². The topological polar surface area (TPSA) is 143 Å². The number of hydrogen-bond acceptors (Lipinski definition) is 7. The van der Waals surface area contributed by atoms with Gasteiger partial charge in [0.05, 0.1) is 11.2 Å². The van der Waals surface area contributed by atoms with Gasteiger partial charge in [-0.15, -0.1) is 0 Å². The SMILES string of the molecule is CC(C)(N)C(=O)N1CCN(C(=O)Nc2ccn(-c3ccc(CN4CC5(CC(N)C5)C4)cc3)c(=O)n2)CC1. The average molecular weight is 509 g/mol. The largest absolute Gasteiger partial charge is 0.354 e. The molecule has 1 spiro atoms. The summed E-state index contributed by atoms with van der Waals surface area (Å²) in [5, 5.41) is 2.69. The van der Waals surface area contributed by atoms with E-state index >= 15 is 0 Å². The van der Waals surface area contributed by atoms with E-state index in [1.807, 2.05) is 24.3 Å². The maximum Gasteiger partial charge on any atom is 0.354 e. The van der Waals surface area contributed by atoms with Crippen molar-refractivity contribution in [3.63, 3.8) is 0 Å². The van der Waals surface area contributed by atoms with Crippen LogP contribution in [0, 0.1) is 5.41 Å². The first-order valence-corrected chi connectivity index (χ1v) is 12.8. The molecule has 1 saturated carbocycles. The van der Waals surface area contributed by atoms with Crippen molar-refractivity contribution in [3.8, 4) is 5.69 Å². The molecule has 3 aliphatic rings. The number of benzene rings is 1. The Bertz CT molecular complexity index is 1210. The lowest BCUT2D eigenvalue weighted by atomic mass is 9.61. The predicted octanol–water partition coefficient (Wildman–Crippen LogP) is 0.569. The van der Waals surface area contributed by atoms with Crippen molar-refractivity contribution in [3.05, 3.63) is 52.6 Å². The number of piperazine rings is 1. The minimum absolute atomic E-state index is 0.140. The molecule has 1 aliphatic carbocycles. The van der Waals surface area contributed by atoms with Crippen LogP contribution in [0.2, 0.25) is 0 Å². The van der Waals surface area contributed by atoms with Crippen LogP contribution in [0.15, 0.2) is 41.3 Å². The molecule has 2 saturated heterocycles. The smallest absolute Gasteiger partial charge is 0.338 e. The third kappa shape index (κ3) is 5.39.